The summed E-state index contributed by atoms with van der Waals surface area (Å²) in [6.07, 6.45) is 0.595. The molecule has 21 heavy (non-hydrogen) atoms. The third kappa shape index (κ3) is 2.66. The largest absolute Gasteiger partial charge is 0.485 e. The van der Waals surface area contributed by atoms with E-state index in [1.54, 1.807) is 12.1 Å². The van der Waals surface area contributed by atoms with Gasteiger partial charge in [0.1, 0.15) is 6.10 Å². The molecule has 2 aromatic carbocycles. The van der Waals surface area contributed by atoms with Gasteiger partial charge in [-0.2, -0.15) is 0 Å². The monoisotopic (exact) mass is 285 g/mol. The topological polar surface area (TPSA) is 35.2 Å². The Bertz CT molecular complexity index is 655. The number of benzene rings is 2. The van der Waals surface area contributed by atoms with E-state index in [0.29, 0.717) is 11.7 Å². The molecule has 0 spiro atoms. The van der Waals surface area contributed by atoms with Gasteiger partial charge in [-0.05, 0) is 48.1 Å². The summed E-state index contributed by atoms with van der Waals surface area (Å²) in [6, 6.07) is 12.9. The fourth-order valence-corrected chi connectivity index (χ4v) is 3.07. The molecule has 1 aliphatic rings. The maximum absolute atomic E-state index is 13.9. The number of aryl methyl sites for hydroxylation is 1. The van der Waals surface area contributed by atoms with Crippen LogP contribution >= 0.6 is 0 Å². The van der Waals surface area contributed by atoms with Crippen molar-refractivity contribution in [2.75, 3.05) is 0 Å². The van der Waals surface area contributed by atoms with Crippen molar-refractivity contribution in [2.24, 2.45) is 5.73 Å². The van der Waals surface area contributed by atoms with Crippen LogP contribution in [-0.4, -0.2) is 6.10 Å². The van der Waals surface area contributed by atoms with Gasteiger partial charge in [0.15, 0.2) is 11.6 Å². The number of hydrogen-bond acceptors (Lipinski definition) is 2. The third-order valence-electron chi connectivity index (χ3n) is 4.24. The molecule has 0 bridgehead atoms. The zero-order chi connectivity index (χ0) is 15.0. The Hall–Kier alpha value is -1.87. The Kier molecular flexibility index (Phi) is 3.68. The molecular formula is C18H20FNO. The number of rotatable bonds is 2. The second-order valence-corrected chi connectivity index (χ2v) is 5.88. The first-order valence-electron chi connectivity index (χ1n) is 7.33. The molecule has 0 fully saturated rings. The molecule has 110 valence electrons. The van der Waals surface area contributed by atoms with E-state index in [2.05, 4.69) is 13.0 Å². The second-order valence-electron chi connectivity index (χ2n) is 5.88. The highest BCUT2D eigenvalue weighted by molar-refractivity contribution is 5.37. The SMILES string of the molecule is Cc1ccc(F)c(OC2CC(C)c3ccccc3C2N)c1. The van der Waals surface area contributed by atoms with Crippen LogP contribution in [-0.2, 0) is 0 Å². The van der Waals surface area contributed by atoms with Crippen molar-refractivity contribution in [3.05, 3.63) is 65.0 Å². The molecule has 3 unspecified atom stereocenters. The van der Waals surface area contributed by atoms with Crippen molar-refractivity contribution in [1.82, 2.24) is 0 Å². The van der Waals surface area contributed by atoms with E-state index in [1.165, 1.54) is 11.6 Å². The van der Waals surface area contributed by atoms with E-state index in [1.807, 2.05) is 25.1 Å². The predicted molar refractivity (Wildman–Crippen MR) is 82.0 cm³/mol. The summed E-state index contributed by atoms with van der Waals surface area (Å²) in [6.45, 7) is 4.08. The van der Waals surface area contributed by atoms with Gasteiger partial charge in [-0.1, -0.05) is 37.3 Å². The molecule has 0 amide bonds. The second kappa shape index (κ2) is 5.49. The number of hydrogen-bond donors (Lipinski definition) is 1. The molecule has 3 heteroatoms. The summed E-state index contributed by atoms with van der Waals surface area (Å²) in [5, 5.41) is 0. The minimum Gasteiger partial charge on any atom is -0.485 e. The molecule has 0 radical (unpaired) electrons. The zero-order valence-electron chi connectivity index (χ0n) is 12.3. The molecule has 0 aromatic heterocycles. The van der Waals surface area contributed by atoms with Crippen molar-refractivity contribution in [1.29, 1.82) is 0 Å². The maximum Gasteiger partial charge on any atom is 0.165 e. The Morgan fingerprint density at radius 1 is 1.14 bits per heavy atom. The van der Waals surface area contributed by atoms with Gasteiger partial charge in [-0.15, -0.1) is 0 Å². The third-order valence-corrected chi connectivity index (χ3v) is 4.24. The first-order valence-corrected chi connectivity index (χ1v) is 7.33. The van der Waals surface area contributed by atoms with Gasteiger partial charge in [0, 0.05) is 0 Å². The molecule has 3 atom stereocenters. The van der Waals surface area contributed by atoms with E-state index in [0.717, 1.165) is 17.5 Å². The summed E-state index contributed by atoms with van der Waals surface area (Å²) in [5.41, 5.74) is 9.70. The van der Waals surface area contributed by atoms with Gasteiger partial charge in [0.2, 0.25) is 0 Å². The summed E-state index contributed by atoms with van der Waals surface area (Å²) in [7, 11) is 0. The summed E-state index contributed by atoms with van der Waals surface area (Å²) < 4.78 is 19.8. The first-order chi connectivity index (χ1) is 10.1. The molecule has 0 saturated carbocycles. The summed E-state index contributed by atoms with van der Waals surface area (Å²) >= 11 is 0. The lowest BCUT2D eigenvalue weighted by Gasteiger charge is -2.35. The fraction of sp³-hybridized carbons (Fsp3) is 0.333. The van der Waals surface area contributed by atoms with Crippen LogP contribution in [0.25, 0.3) is 0 Å². The highest BCUT2D eigenvalue weighted by Gasteiger charge is 2.32. The molecule has 2 nitrogen and oxygen atoms in total. The van der Waals surface area contributed by atoms with Gasteiger partial charge >= 0.3 is 0 Å². The molecule has 0 aliphatic heterocycles. The Morgan fingerprint density at radius 2 is 1.86 bits per heavy atom. The number of ether oxygens (including phenoxy) is 1. The lowest BCUT2D eigenvalue weighted by molar-refractivity contribution is 0.138. The zero-order valence-corrected chi connectivity index (χ0v) is 12.3. The normalized spacial score (nSPS) is 24.5. The number of nitrogens with two attached hydrogens (primary N) is 1. The summed E-state index contributed by atoms with van der Waals surface area (Å²) in [4.78, 5) is 0. The smallest absolute Gasteiger partial charge is 0.165 e. The molecule has 0 heterocycles. The highest BCUT2D eigenvalue weighted by Crippen LogP contribution is 2.38. The molecule has 0 saturated heterocycles. The van der Waals surface area contributed by atoms with Gasteiger partial charge in [0.25, 0.3) is 0 Å². The van der Waals surface area contributed by atoms with Gasteiger partial charge in [-0.25, -0.2) is 4.39 Å². The van der Waals surface area contributed by atoms with Crippen LogP contribution in [0.15, 0.2) is 42.5 Å². The van der Waals surface area contributed by atoms with Crippen LogP contribution in [0.4, 0.5) is 4.39 Å². The average Bonchev–Trinajstić information content (AvgIpc) is 2.48. The van der Waals surface area contributed by atoms with E-state index in [9.17, 15) is 4.39 Å². The fourth-order valence-electron chi connectivity index (χ4n) is 3.07. The Labute approximate surface area is 124 Å². The van der Waals surface area contributed by atoms with E-state index in [4.69, 9.17) is 10.5 Å². The van der Waals surface area contributed by atoms with Crippen molar-refractivity contribution in [3.8, 4) is 5.75 Å². The minimum atomic E-state index is -0.334. The molecule has 1 aliphatic carbocycles. The summed E-state index contributed by atoms with van der Waals surface area (Å²) in [5.74, 6) is 0.320. The van der Waals surface area contributed by atoms with Gasteiger partial charge in [-0.3, -0.25) is 0 Å². The van der Waals surface area contributed by atoms with E-state index in [-0.39, 0.29) is 18.0 Å². The van der Waals surface area contributed by atoms with Crippen LogP contribution < -0.4 is 10.5 Å². The highest BCUT2D eigenvalue weighted by atomic mass is 19.1. The molecule has 2 aromatic rings. The van der Waals surface area contributed by atoms with Crippen LogP contribution in [0.3, 0.4) is 0 Å². The van der Waals surface area contributed by atoms with Crippen LogP contribution in [0.2, 0.25) is 0 Å². The number of halogens is 1. The quantitative estimate of drug-likeness (QED) is 0.902. The Morgan fingerprint density at radius 3 is 2.62 bits per heavy atom. The van der Waals surface area contributed by atoms with Crippen LogP contribution in [0, 0.1) is 12.7 Å². The van der Waals surface area contributed by atoms with E-state index >= 15 is 0 Å². The lowest BCUT2D eigenvalue weighted by atomic mass is 9.79. The molecule has 3 rings (SSSR count). The maximum atomic E-state index is 13.9. The average molecular weight is 285 g/mol. The van der Waals surface area contributed by atoms with E-state index < -0.39 is 0 Å². The number of fused-ring (bicyclic) bond motifs is 1. The first kappa shape index (κ1) is 14.1. The van der Waals surface area contributed by atoms with Crippen LogP contribution in [0.1, 0.15) is 42.0 Å². The standard InChI is InChI=1S/C18H20FNO/c1-11-7-8-15(19)16(9-11)21-17-10-12(2)13-5-3-4-6-14(13)18(17)20/h3-9,12,17-18H,10,20H2,1-2H3. The molecular weight excluding hydrogens is 265 g/mol. The predicted octanol–water partition coefficient (Wildman–Crippen LogP) is 4.09. The van der Waals surface area contributed by atoms with Crippen molar-refractivity contribution in [2.45, 2.75) is 38.3 Å². The lowest BCUT2D eigenvalue weighted by Crippen LogP contribution is -2.37. The van der Waals surface area contributed by atoms with Crippen LogP contribution in [0.5, 0.6) is 5.75 Å². The van der Waals surface area contributed by atoms with Crippen molar-refractivity contribution in [3.63, 3.8) is 0 Å². The molecule has 2 N–H and O–H groups in total. The van der Waals surface area contributed by atoms with Gasteiger partial charge in [0.05, 0.1) is 6.04 Å². The van der Waals surface area contributed by atoms with Crippen molar-refractivity contribution < 1.29 is 9.13 Å². The van der Waals surface area contributed by atoms with Gasteiger partial charge < -0.3 is 10.5 Å². The Balaban J connectivity index is 1.89. The minimum absolute atomic E-state index is 0.203. The van der Waals surface area contributed by atoms with Crippen molar-refractivity contribution >= 4 is 0 Å².